The Labute approximate surface area is 659 Å². The van der Waals surface area contributed by atoms with E-state index in [1.54, 1.807) is 41.5 Å². The summed E-state index contributed by atoms with van der Waals surface area (Å²) >= 11 is 27.2. The molecule has 104 heavy (non-hydrogen) atoms. The zero-order chi connectivity index (χ0) is 74.5. The number of alkyl halides is 3. The fourth-order valence-electron chi connectivity index (χ4n) is 14.3. The number of benzene rings is 8. The molecule has 0 spiro atoms. The number of hydrogen-bond acceptors (Lipinski definition) is 8. The molecule has 8 aromatic rings. The number of carbonyl (C=O) groups is 2. The number of nitrogens with one attached hydrogen (secondary N) is 1. The van der Waals surface area contributed by atoms with Crippen LogP contribution in [-0.4, -0.2) is 89.5 Å². The molecule has 6 aliphatic rings. The maximum absolute atomic E-state index is 15.0. The standard InChI is InChI=1S/C29H28ClF2NO3.C24H20ClF2NO.C23H23BrClF2NO3.C4H9.CH4.2HI.V/c1-28(2,3)36-27(34)33-17-20(31)14-24(33)29(19-12-8-5-9-13-19)16-21-23(35-29)15-22(32)26(30)25(21)18-10-6-4-7-11-18;25-23-19(27)12-20-18(22(23)15-7-3-1-4-8-15)13-24(29-20,16-9-5-2-6-10-16)21-11-17(26)14-28-21;1-22(2,3)31-21(29)28-12-14(26)9-18(28)23(13-7-5-4-6-8-13)11-15-17(30-23)10-16(27)20(25)19(15)24;1-4(2)3;;;;/h4-13,15,20,24H,14,16-17H2,1-3H3;1-10,12,17,21,28H,11,13-14H2;4-8,10,14,18H,9,11-12H2,1-3H3;1-3H3;1H4;2*1H;/q;;;-1;;;;+2/p-2/t20-,24?,29+;17-,21?,24+;14-,18?,23+;;;;;/m111...../s1. The number of carbonyl (C=O) groups excluding carboxylic acids is 2. The van der Waals surface area contributed by atoms with Crippen molar-refractivity contribution in [2.75, 3.05) is 19.6 Å². The van der Waals surface area contributed by atoms with Crippen LogP contribution in [0, 0.1) is 23.4 Å². The van der Waals surface area contributed by atoms with Crippen molar-refractivity contribution in [1.29, 1.82) is 0 Å². The molecule has 0 saturated carbocycles. The Kier molecular flexibility index (Phi) is 27.7. The van der Waals surface area contributed by atoms with E-state index in [4.69, 9.17) is 58.5 Å². The molecule has 3 fully saturated rings. The van der Waals surface area contributed by atoms with Crippen LogP contribution < -0.4 is 19.5 Å². The van der Waals surface area contributed by atoms with Crippen molar-refractivity contribution < 1.29 is 69.1 Å². The van der Waals surface area contributed by atoms with Crippen LogP contribution in [0.25, 0.3) is 22.3 Å². The van der Waals surface area contributed by atoms with Gasteiger partial charge in [-0.05, 0) is 91.7 Å². The van der Waals surface area contributed by atoms with Gasteiger partial charge in [-0.25, -0.2) is 35.9 Å². The van der Waals surface area contributed by atoms with E-state index in [9.17, 15) is 31.5 Å². The van der Waals surface area contributed by atoms with Gasteiger partial charge in [-0.3, -0.25) is 9.80 Å². The average Bonchev–Trinajstić information content (AvgIpc) is 1.59. The summed E-state index contributed by atoms with van der Waals surface area (Å²) in [5.74, 6) is 0.816. The van der Waals surface area contributed by atoms with Crippen LogP contribution in [0.5, 0.6) is 17.2 Å². The van der Waals surface area contributed by atoms with Crippen LogP contribution in [0.1, 0.15) is 122 Å². The van der Waals surface area contributed by atoms with Crippen LogP contribution in [0.15, 0.2) is 174 Å². The van der Waals surface area contributed by atoms with Gasteiger partial charge in [0.05, 0.1) is 46.3 Å². The molecule has 555 valence electrons. The Morgan fingerprint density at radius 2 is 0.837 bits per heavy atom. The molecule has 3 unspecified atom stereocenters. The molecule has 0 aromatic heterocycles. The first-order valence-electron chi connectivity index (χ1n) is 33.7. The Morgan fingerprint density at radius 3 is 1.18 bits per heavy atom. The van der Waals surface area contributed by atoms with Gasteiger partial charge in [0.2, 0.25) is 0 Å². The van der Waals surface area contributed by atoms with Gasteiger partial charge in [0, 0.05) is 89.1 Å². The van der Waals surface area contributed by atoms with Gasteiger partial charge in [0.1, 0.15) is 64.4 Å². The first-order valence-corrected chi connectivity index (χ1v) is 44.6. The molecule has 8 aromatic carbocycles. The monoisotopic (exact) mass is 1810 g/mol. The van der Waals surface area contributed by atoms with Crippen LogP contribution in [0.2, 0.25) is 15.1 Å². The fourth-order valence-corrected chi connectivity index (χ4v) is 15.6. The topological polar surface area (TPSA) is 98.8 Å². The number of amides is 2. The van der Waals surface area contributed by atoms with Gasteiger partial charge in [-0.15, -0.1) is 0 Å². The zero-order valence-corrected chi connectivity index (χ0v) is 67.8. The summed E-state index contributed by atoms with van der Waals surface area (Å²) < 4.78 is 119. The van der Waals surface area contributed by atoms with Crippen molar-refractivity contribution in [3.05, 3.63) is 246 Å². The van der Waals surface area contributed by atoms with Gasteiger partial charge in [-0.1, -0.05) is 194 Å². The molecule has 6 heterocycles. The van der Waals surface area contributed by atoms with Crippen molar-refractivity contribution >= 4 is 103 Å². The van der Waals surface area contributed by atoms with Gasteiger partial charge in [0.25, 0.3) is 0 Å². The number of likely N-dealkylation sites (tertiary alicyclic amines) is 2. The summed E-state index contributed by atoms with van der Waals surface area (Å²) in [6, 6.07) is 49.7. The summed E-state index contributed by atoms with van der Waals surface area (Å²) in [4.78, 5) is 29.0. The minimum absolute atomic E-state index is 0. The summed E-state index contributed by atoms with van der Waals surface area (Å²) in [7, 11) is 0.628. The Hall–Kier alpha value is -5.37. The van der Waals surface area contributed by atoms with Crippen LogP contribution >= 0.6 is 90.7 Å². The molecular formula is C81H84BrCl3F6I2N3O7V-. The number of fused-ring (bicyclic) bond motifs is 3. The predicted octanol–water partition coefficient (Wildman–Crippen LogP) is 23.4. The van der Waals surface area contributed by atoms with E-state index in [0.717, 1.165) is 38.9 Å². The second-order valence-corrected chi connectivity index (χ2v) is 42.4. The quantitative estimate of drug-likeness (QED) is 0.0695. The minimum atomic E-state index is -1.25. The molecule has 0 radical (unpaired) electrons. The van der Waals surface area contributed by atoms with E-state index in [0.29, 0.717) is 73.7 Å². The molecule has 9 atom stereocenters. The van der Waals surface area contributed by atoms with Crippen LogP contribution in [0.3, 0.4) is 0 Å². The molecule has 10 nitrogen and oxygen atoms in total. The molecule has 1 N–H and O–H groups in total. The van der Waals surface area contributed by atoms with Crippen molar-refractivity contribution in [1.82, 2.24) is 15.1 Å². The molecule has 14 rings (SSSR count). The van der Waals surface area contributed by atoms with Crippen molar-refractivity contribution in [3.63, 3.8) is 0 Å². The van der Waals surface area contributed by atoms with E-state index in [1.807, 2.05) is 152 Å². The second-order valence-electron chi connectivity index (χ2n) is 28.7. The average molecular weight is 1820 g/mol. The van der Waals surface area contributed by atoms with Gasteiger partial charge < -0.3 is 34.9 Å². The Bertz CT molecular complexity index is 4280. The third-order valence-electron chi connectivity index (χ3n) is 18.4. The molecule has 0 bridgehead atoms. The molecule has 23 heteroatoms. The first-order chi connectivity index (χ1) is 48.8. The molecule has 0 aliphatic carbocycles. The van der Waals surface area contributed by atoms with E-state index in [2.05, 4.69) is 82.0 Å². The third kappa shape index (κ3) is 18.3. The number of nitrogens with zero attached hydrogens (tertiary/aromatic N) is 2. The van der Waals surface area contributed by atoms with Crippen molar-refractivity contribution in [3.8, 4) is 39.5 Å². The summed E-state index contributed by atoms with van der Waals surface area (Å²) in [6.07, 6.45) is -3.04. The van der Waals surface area contributed by atoms with Gasteiger partial charge in [0.15, 0.2) is 16.8 Å². The second kappa shape index (κ2) is 34.9. The molecule has 6 aliphatic heterocycles. The fraction of sp³-hybridized carbons (Fsp3) is 0.370. The molecular weight excluding hydrogens is 1730 g/mol. The van der Waals surface area contributed by atoms with Crippen molar-refractivity contribution in [2.24, 2.45) is 0 Å². The van der Waals surface area contributed by atoms with Crippen LogP contribution in [0.4, 0.5) is 35.9 Å². The van der Waals surface area contributed by atoms with E-state index in [1.165, 1.54) is 33.9 Å². The van der Waals surface area contributed by atoms with Crippen LogP contribution in [-0.2, 0) is 55.0 Å². The first kappa shape index (κ1) is 82.7. The van der Waals surface area contributed by atoms with E-state index < -0.39 is 88.2 Å². The number of halogens is 12. The number of ether oxygens (including phenoxy) is 5. The zero-order valence-electron chi connectivity index (χ0n) is 58.2. The normalized spacial score (nSPS) is 23.2. The van der Waals surface area contributed by atoms with E-state index >= 15 is 4.39 Å². The Balaban J connectivity index is 0.000000173. The summed E-state index contributed by atoms with van der Waals surface area (Å²) in [5.41, 5.74) is 2.98. The van der Waals surface area contributed by atoms with E-state index in [-0.39, 0.29) is 60.9 Å². The maximum atomic E-state index is 15.0. The molecule has 2 amide bonds. The van der Waals surface area contributed by atoms with Gasteiger partial charge in [-0.2, -0.15) is 20.8 Å². The number of hydrogen-bond donors (Lipinski definition) is 1. The molecule has 3 saturated heterocycles. The summed E-state index contributed by atoms with van der Waals surface area (Å²) in [6.45, 7) is 17.0. The number of rotatable bonds is 8. The summed E-state index contributed by atoms with van der Waals surface area (Å²) in [5, 5.41) is 3.34. The predicted molar refractivity (Wildman–Crippen MR) is 419 cm³/mol. The Morgan fingerprint density at radius 1 is 0.529 bits per heavy atom. The SMILES string of the molecule is C.CC(C)(C)OC(=O)N1C[C@H](F)CC1[C@@]1(c2ccccc2)Cc2c(cc(F)c(Cl)c2-c2ccccc2)O1.CC(C)(C)OC(=O)N1C[C@H](F)CC1[C@@]1(c2ccccc2)Cc2c(cc(F)c(Cl)c2Br)O1.C[C-](C)C.Fc1cc2c(c(-c3ccccc3)c1Cl)C[C@](c1ccccc1)(C1C[C@@H](F)CN1)O2.[I][V][I]. The van der Waals surface area contributed by atoms with Gasteiger partial charge >= 0.3 is 61.6 Å². The van der Waals surface area contributed by atoms with Crippen molar-refractivity contribution in [2.45, 2.75) is 173 Å². The third-order valence-corrected chi connectivity index (χ3v) is 20.6.